The molecule has 0 unspecified atom stereocenters. The van der Waals surface area contributed by atoms with Crippen molar-refractivity contribution < 1.29 is 23.7 Å². The normalized spacial score (nSPS) is 12.9. The molecule has 1 aliphatic heterocycles. The standard InChI is InChI=1S/C21H14N2O6/c24-18(14-3-9-20-17(11-14)22-21(25)12-28-20)8-6-16-7-10-19(29-16)13-1-4-15(5-2-13)23(26)27/h1-11H,12H2,(H,22,25)/b8-6+. The second-order valence-electron chi connectivity index (χ2n) is 6.25. The molecule has 3 aromatic rings. The Morgan fingerprint density at radius 3 is 2.66 bits per heavy atom. The van der Waals surface area contributed by atoms with Gasteiger partial charge in [0.25, 0.3) is 11.6 Å². The summed E-state index contributed by atoms with van der Waals surface area (Å²) < 4.78 is 10.9. The summed E-state index contributed by atoms with van der Waals surface area (Å²) in [4.78, 5) is 34.1. The van der Waals surface area contributed by atoms with Crippen LogP contribution in [0.15, 0.2) is 65.1 Å². The van der Waals surface area contributed by atoms with Crippen LogP contribution in [0.5, 0.6) is 5.75 Å². The minimum Gasteiger partial charge on any atom is -0.482 e. The maximum Gasteiger partial charge on any atom is 0.269 e. The fourth-order valence-corrected chi connectivity index (χ4v) is 2.84. The topological polar surface area (TPSA) is 112 Å². The van der Waals surface area contributed by atoms with E-state index in [1.807, 2.05) is 0 Å². The maximum atomic E-state index is 12.4. The number of nitrogens with one attached hydrogen (secondary N) is 1. The predicted octanol–water partition coefficient (Wildman–Crippen LogP) is 4.08. The Labute approximate surface area is 164 Å². The van der Waals surface area contributed by atoms with Crippen molar-refractivity contribution >= 4 is 29.1 Å². The molecule has 0 bridgehead atoms. The number of amides is 1. The number of rotatable bonds is 5. The van der Waals surface area contributed by atoms with Gasteiger partial charge in [-0.2, -0.15) is 0 Å². The van der Waals surface area contributed by atoms with Crippen LogP contribution in [0.25, 0.3) is 17.4 Å². The summed E-state index contributed by atoms with van der Waals surface area (Å²) in [6.45, 7) is -0.0458. The highest BCUT2D eigenvalue weighted by molar-refractivity contribution is 6.08. The third-order valence-corrected chi connectivity index (χ3v) is 4.29. The average Bonchev–Trinajstić information content (AvgIpc) is 3.20. The number of furan rings is 1. The van der Waals surface area contributed by atoms with Crippen LogP contribution in [0.2, 0.25) is 0 Å². The highest BCUT2D eigenvalue weighted by Crippen LogP contribution is 2.29. The molecule has 29 heavy (non-hydrogen) atoms. The maximum absolute atomic E-state index is 12.4. The van der Waals surface area contributed by atoms with Gasteiger partial charge in [0.15, 0.2) is 12.4 Å². The number of nitrogens with zero attached hydrogens (tertiary/aromatic N) is 1. The fraction of sp³-hybridized carbons (Fsp3) is 0.0476. The number of benzene rings is 2. The monoisotopic (exact) mass is 390 g/mol. The first-order chi connectivity index (χ1) is 14.0. The van der Waals surface area contributed by atoms with Crippen LogP contribution in [0.4, 0.5) is 11.4 Å². The molecule has 1 aromatic heterocycles. The van der Waals surface area contributed by atoms with Crippen molar-refractivity contribution in [1.29, 1.82) is 0 Å². The Balaban J connectivity index is 1.48. The number of hydrogen-bond acceptors (Lipinski definition) is 6. The molecule has 4 rings (SSSR count). The fourth-order valence-electron chi connectivity index (χ4n) is 2.84. The average molecular weight is 390 g/mol. The van der Waals surface area contributed by atoms with E-state index in [2.05, 4.69) is 5.32 Å². The van der Waals surface area contributed by atoms with E-state index in [4.69, 9.17) is 9.15 Å². The number of non-ortho nitro benzene ring substituents is 1. The lowest BCUT2D eigenvalue weighted by Crippen LogP contribution is -2.25. The van der Waals surface area contributed by atoms with Crippen molar-refractivity contribution in [1.82, 2.24) is 0 Å². The zero-order valence-electron chi connectivity index (χ0n) is 15.0. The van der Waals surface area contributed by atoms with Crippen molar-refractivity contribution in [3.63, 3.8) is 0 Å². The molecule has 144 valence electrons. The number of nitro groups is 1. The number of hydrogen-bond donors (Lipinski definition) is 1. The molecular formula is C21H14N2O6. The van der Waals surface area contributed by atoms with Crippen molar-refractivity contribution in [2.45, 2.75) is 0 Å². The minimum atomic E-state index is -0.468. The number of ether oxygens (including phenoxy) is 1. The molecule has 0 fully saturated rings. The first-order valence-electron chi connectivity index (χ1n) is 8.63. The summed E-state index contributed by atoms with van der Waals surface area (Å²) in [7, 11) is 0. The first kappa shape index (κ1) is 18.2. The molecular weight excluding hydrogens is 376 g/mol. The first-order valence-corrected chi connectivity index (χ1v) is 8.63. The van der Waals surface area contributed by atoms with Gasteiger partial charge >= 0.3 is 0 Å². The van der Waals surface area contributed by atoms with E-state index in [0.29, 0.717) is 34.1 Å². The van der Waals surface area contributed by atoms with Gasteiger partial charge in [0.2, 0.25) is 0 Å². The predicted molar refractivity (Wildman–Crippen MR) is 105 cm³/mol. The highest BCUT2D eigenvalue weighted by Gasteiger charge is 2.17. The molecule has 0 spiro atoms. The number of ketones is 1. The number of fused-ring (bicyclic) bond motifs is 1. The third kappa shape index (κ3) is 3.91. The van der Waals surface area contributed by atoms with Gasteiger partial charge in [-0.3, -0.25) is 19.7 Å². The molecule has 1 N–H and O–H groups in total. The Kier molecular flexibility index (Phi) is 4.66. The van der Waals surface area contributed by atoms with E-state index in [9.17, 15) is 19.7 Å². The number of anilines is 1. The molecule has 1 aliphatic rings. The minimum absolute atomic E-state index is 0.00217. The molecule has 0 atom stereocenters. The van der Waals surface area contributed by atoms with Crippen molar-refractivity contribution in [2.24, 2.45) is 0 Å². The summed E-state index contributed by atoms with van der Waals surface area (Å²) in [5, 5.41) is 13.4. The quantitative estimate of drug-likeness (QED) is 0.304. The van der Waals surface area contributed by atoms with E-state index in [-0.39, 0.29) is 24.0 Å². The van der Waals surface area contributed by atoms with Gasteiger partial charge in [0.05, 0.1) is 10.6 Å². The number of nitro benzene ring substituents is 1. The number of carbonyl (C=O) groups excluding carboxylic acids is 2. The Morgan fingerprint density at radius 2 is 1.90 bits per heavy atom. The Hall–Kier alpha value is -4.20. The molecule has 8 heteroatoms. The summed E-state index contributed by atoms with van der Waals surface area (Å²) in [5.41, 5.74) is 1.54. The van der Waals surface area contributed by atoms with Crippen LogP contribution in [0, 0.1) is 10.1 Å². The van der Waals surface area contributed by atoms with E-state index in [1.165, 1.54) is 24.3 Å². The third-order valence-electron chi connectivity index (χ3n) is 4.29. The van der Waals surface area contributed by atoms with Crippen LogP contribution >= 0.6 is 0 Å². The van der Waals surface area contributed by atoms with Crippen molar-refractivity contribution in [2.75, 3.05) is 11.9 Å². The smallest absolute Gasteiger partial charge is 0.269 e. The molecule has 0 aliphatic carbocycles. The largest absolute Gasteiger partial charge is 0.482 e. The van der Waals surface area contributed by atoms with Gasteiger partial charge in [0, 0.05) is 23.3 Å². The summed E-state index contributed by atoms with van der Waals surface area (Å²) >= 11 is 0. The van der Waals surface area contributed by atoms with Gasteiger partial charge in [-0.25, -0.2) is 0 Å². The second kappa shape index (κ2) is 7.43. The molecule has 2 heterocycles. The summed E-state index contributed by atoms with van der Waals surface area (Å²) in [5.74, 6) is 0.971. The highest BCUT2D eigenvalue weighted by atomic mass is 16.6. The Bertz CT molecular complexity index is 1140. The zero-order valence-corrected chi connectivity index (χ0v) is 15.0. The van der Waals surface area contributed by atoms with Crippen LogP contribution in [-0.2, 0) is 4.79 Å². The number of allylic oxidation sites excluding steroid dienone is 1. The van der Waals surface area contributed by atoms with Crippen LogP contribution < -0.4 is 10.1 Å². The lowest BCUT2D eigenvalue weighted by Gasteiger charge is -2.17. The van der Waals surface area contributed by atoms with Crippen molar-refractivity contribution in [3.05, 3.63) is 82.1 Å². The second-order valence-corrected chi connectivity index (χ2v) is 6.25. The zero-order chi connectivity index (χ0) is 20.4. The van der Waals surface area contributed by atoms with Crippen molar-refractivity contribution in [3.8, 4) is 17.1 Å². The van der Waals surface area contributed by atoms with Crippen LogP contribution in [0.3, 0.4) is 0 Å². The van der Waals surface area contributed by atoms with Gasteiger partial charge in [0.1, 0.15) is 17.3 Å². The molecule has 1 amide bonds. The van der Waals surface area contributed by atoms with Gasteiger partial charge in [-0.05, 0) is 54.6 Å². The summed E-state index contributed by atoms with van der Waals surface area (Å²) in [6.07, 6.45) is 2.90. The molecule has 0 saturated carbocycles. The van der Waals surface area contributed by atoms with E-state index in [1.54, 1.807) is 42.5 Å². The van der Waals surface area contributed by atoms with Gasteiger partial charge < -0.3 is 14.5 Å². The lowest BCUT2D eigenvalue weighted by molar-refractivity contribution is -0.384. The summed E-state index contributed by atoms with van der Waals surface area (Å²) in [6, 6.07) is 14.2. The number of carbonyl (C=O) groups is 2. The van der Waals surface area contributed by atoms with E-state index >= 15 is 0 Å². The molecule has 0 radical (unpaired) electrons. The van der Waals surface area contributed by atoms with Crippen LogP contribution in [-0.4, -0.2) is 23.2 Å². The van der Waals surface area contributed by atoms with Gasteiger partial charge in [-0.15, -0.1) is 0 Å². The Morgan fingerprint density at radius 1 is 1.10 bits per heavy atom. The molecule has 0 saturated heterocycles. The van der Waals surface area contributed by atoms with Gasteiger partial charge in [-0.1, -0.05) is 0 Å². The molecule has 8 nitrogen and oxygen atoms in total. The molecule has 2 aromatic carbocycles. The lowest BCUT2D eigenvalue weighted by atomic mass is 10.1. The van der Waals surface area contributed by atoms with E-state index < -0.39 is 4.92 Å². The van der Waals surface area contributed by atoms with Crippen LogP contribution in [0.1, 0.15) is 16.1 Å². The SMILES string of the molecule is O=C1COc2ccc(C(=O)/C=C/c3ccc(-c4ccc([N+](=O)[O-])cc4)o3)cc2N1. The van der Waals surface area contributed by atoms with E-state index in [0.717, 1.165) is 0 Å².